The minimum Gasteiger partial charge on any atom is -0.248 e. The van der Waals surface area contributed by atoms with Crippen LogP contribution in [0.5, 0.6) is 0 Å². The third-order valence-corrected chi connectivity index (χ3v) is 4.97. The summed E-state index contributed by atoms with van der Waals surface area (Å²) in [6.07, 6.45) is 0. The van der Waals surface area contributed by atoms with Gasteiger partial charge < -0.3 is 0 Å². The summed E-state index contributed by atoms with van der Waals surface area (Å²) in [7, 11) is -3.43. The average molecular weight is 337 g/mol. The first-order valence-corrected chi connectivity index (χ1v) is 8.60. The highest BCUT2D eigenvalue weighted by molar-refractivity contribution is 7.88. The molecule has 102 valence electrons. The van der Waals surface area contributed by atoms with Crippen LogP contribution in [0.2, 0.25) is 10.0 Å². The van der Waals surface area contributed by atoms with Crippen LogP contribution >= 0.6 is 34.5 Å². The van der Waals surface area contributed by atoms with Gasteiger partial charge in [-0.1, -0.05) is 29.3 Å². The fraction of sp³-hybridized carbons (Fsp3) is 0.182. The zero-order valence-corrected chi connectivity index (χ0v) is 12.8. The third-order valence-electron chi connectivity index (χ3n) is 2.30. The van der Waals surface area contributed by atoms with Crippen molar-refractivity contribution in [2.24, 2.45) is 0 Å². The van der Waals surface area contributed by atoms with Gasteiger partial charge in [-0.25, -0.2) is 18.1 Å². The number of sulfonamides is 1. The molecule has 0 atom stereocenters. The summed E-state index contributed by atoms with van der Waals surface area (Å²) >= 11 is 13.0. The molecule has 2 rings (SSSR count). The Balaban J connectivity index is 2.02. The number of benzene rings is 1. The topological polar surface area (TPSA) is 59.1 Å². The van der Waals surface area contributed by atoms with E-state index in [0.717, 1.165) is 0 Å². The zero-order chi connectivity index (χ0) is 13.9. The SMILES string of the molecule is O=S(=O)(Cc1ccc(Cl)c(Cl)c1)NCc1cscn1. The summed E-state index contributed by atoms with van der Waals surface area (Å²) in [5, 5.41) is 2.54. The molecular formula is C11H10Cl2N2O2S2. The van der Waals surface area contributed by atoms with E-state index in [1.807, 2.05) is 0 Å². The highest BCUT2D eigenvalue weighted by Gasteiger charge is 2.12. The Bertz CT molecular complexity index is 657. The van der Waals surface area contributed by atoms with Crippen LogP contribution in [0.1, 0.15) is 11.3 Å². The Hall–Kier alpha value is -0.660. The van der Waals surface area contributed by atoms with Gasteiger partial charge >= 0.3 is 0 Å². The largest absolute Gasteiger partial charge is 0.248 e. The molecule has 0 saturated carbocycles. The first-order valence-electron chi connectivity index (χ1n) is 5.24. The molecule has 2 aromatic rings. The van der Waals surface area contributed by atoms with Gasteiger partial charge in [0.1, 0.15) is 0 Å². The van der Waals surface area contributed by atoms with Crippen molar-refractivity contribution >= 4 is 44.6 Å². The van der Waals surface area contributed by atoms with E-state index in [1.54, 1.807) is 29.1 Å². The lowest BCUT2D eigenvalue weighted by Crippen LogP contribution is -2.24. The van der Waals surface area contributed by atoms with Crippen molar-refractivity contribution in [2.45, 2.75) is 12.3 Å². The molecule has 0 saturated heterocycles. The van der Waals surface area contributed by atoms with E-state index in [4.69, 9.17) is 23.2 Å². The van der Waals surface area contributed by atoms with Gasteiger partial charge in [0, 0.05) is 5.38 Å². The van der Waals surface area contributed by atoms with Crippen LogP contribution in [0.3, 0.4) is 0 Å². The predicted molar refractivity (Wildman–Crippen MR) is 78.0 cm³/mol. The highest BCUT2D eigenvalue weighted by Crippen LogP contribution is 2.23. The van der Waals surface area contributed by atoms with E-state index >= 15 is 0 Å². The second-order valence-corrected chi connectivity index (χ2v) is 7.15. The minimum absolute atomic E-state index is 0.145. The molecule has 0 unspecified atom stereocenters. The average Bonchev–Trinajstić information content (AvgIpc) is 2.84. The van der Waals surface area contributed by atoms with E-state index in [1.165, 1.54) is 11.3 Å². The molecule has 1 aromatic heterocycles. The number of hydrogen-bond acceptors (Lipinski definition) is 4. The van der Waals surface area contributed by atoms with E-state index in [-0.39, 0.29) is 12.3 Å². The summed E-state index contributed by atoms with van der Waals surface area (Å²) in [4.78, 5) is 4.01. The molecule has 0 aliphatic rings. The summed E-state index contributed by atoms with van der Waals surface area (Å²) in [5.41, 5.74) is 2.94. The fourth-order valence-electron chi connectivity index (χ4n) is 1.41. The maximum absolute atomic E-state index is 11.9. The van der Waals surface area contributed by atoms with Gasteiger partial charge in [0.15, 0.2) is 0 Å². The molecule has 4 nitrogen and oxygen atoms in total. The Morgan fingerprint density at radius 1 is 1.26 bits per heavy atom. The van der Waals surface area contributed by atoms with Crippen LogP contribution in [0, 0.1) is 0 Å². The molecule has 19 heavy (non-hydrogen) atoms. The van der Waals surface area contributed by atoms with Gasteiger partial charge in [-0.15, -0.1) is 11.3 Å². The molecule has 0 bridgehead atoms. The summed E-state index contributed by atoms with van der Waals surface area (Å²) in [6.45, 7) is 0.188. The van der Waals surface area contributed by atoms with Crippen LogP contribution in [-0.4, -0.2) is 13.4 Å². The van der Waals surface area contributed by atoms with Gasteiger partial charge in [0.2, 0.25) is 10.0 Å². The standard InChI is InChI=1S/C11H10Cl2N2O2S2/c12-10-2-1-8(3-11(10)13)6-19(16,17)15-4-9-5-18-7-14-9/h1-3,5,7,15H,4,6H2. The lowest BCUT2D eigenvalue weighted by molar-refractivity contribution is 0.580. The monoisotopic (exact) mass is 336 g/mol. The van der Waals surface area contributed by atoms with Gasteiger partial charge in [-0.3, -0.25) is 0 Å². The molecule has 1 heterocycles. The zero-order valence-electron chi connectivity index (χ0n) is 9.64. The van der Waals surface area contributed by atoms with Crippen molar-refractivity contribution in [1.82, 2.24) is 9.71 Å². The van der Waals surface area contributed by atoms with E-state index in [9.17, 15) is 8.42 Å². The second kappa shape index (κ2) is 6.19. The van der Waals surface area contributed by atoms with Crippen molar-refractivity contribution in [2.75, 3.05) is 0 Å². The quantitative estimate of drug-likeness (QED) is 0.912. The van der Waals surface area contributed by atoms with E-state index in [0.29, 0.717) is 21.3 Å². The number of nitrogens with one attached hydrogen (secondary N) is 1. The van der Waals surface area contributed by atoms with Gasteiger partial charge in [0.25, 0.3) is 0 Å². The molecule has 0 spiro atoms. The van der Waals surface area contributed by atoms with Crippen LogP contribution in [0.15, 0.2) is 29.1 Å². The maximum atomic E-state index is 11.9. The predicted octanol–water partition coefficient (Wildman–Crippen LogP) is 3.07. The molecular weight excluding hydrogens is 327 g/mol. The molecule has 0 aliphatic carbocycles. The summed E-state index contributed by atoms with van der Waals surface area (Å²) in [5.74, 6) is -0.145. The van der Waals surface area contributed by atoms with Crippen LogP contribution in [-0.2, 0) is 22.3 Å². The number of thiazole rings is 1. The van der Waals surface area contributed by atoms with Crippen molar-refractivity contribution in [3.63, 3.8) is 0 Å². The lowest BCUT2D eigenvalue weighted by Gasteiger charge is -2.06. The number of hydrogen-bond donors (Lipinski definition) is 1. The van der Waals surface area contributed by atoms with Crippen LogP contribution in [0.4, 0.5) is 0 Å². The normalized spacial score (nSPS) is 11.7. The molecule has 1 aromatic carbocycles. The van der Waals surface area contributed by atoms with Crippen LogP contribution in [0.25, 0.3) is 0 Å². The molecule has 0 amide bonds. The Morgan fingerprint density at radius 3 is 2.68 bits per heavy atom. The van der Waals surface area contributed by atoms with Crippen molar-refractivity contribution in [3.8, 4) is 0 Å². The van der Waals surface area contributed by atoms with Gasteiger partial charge in [-0.2, -0.15) is 0 Å². The molecule has 1 N–H and O–H groups in total. The first kappa shape index (κ1) is 14.7. The maximum Gasteiger partial charge on any atom is 0.216 e. The second-order valence-electron chi connectivity index (χ2n) is 3.81. The lowest BCUT2D eigenvalue weighted by atomic mass is 10.2. The Morgan fingerprint density at radius 2 is 2.05 bits per heavy atom. The number of rotatable bonds is 5. The van der Waals surface area contributed by atoms with Crippen molar-refractivity contribution < 1.29 is 8.42 Å². The fourth-order valence-corrected chi connectivity index (χ4v) is 3.38. The summed E-state index contributed by atoms with van der Waals surface area (Å²) in [6, 6.07) is 4.76. The Kier molecular flexibility index (Phi) is 4.81. The number of nitrogens with zero attached hydrogens (tertiary/aromatic N) is 1. The van der Waals surface area contributed by atoms with Gasteiger partial charge in [0.05, 0.1) is 33.5 Å². The van der Waals surface area contributed by atoms with E-state index in [2.05, 4.69) is 9.71 Å². The molecule has 0 radical (unpaired) electrons. The van der Waals surface area contributed by atoms with Crippen molar-refractivity contribution in [1.29, 1.82) is 0 Å². The van der Waals surface area contributed by atoms with Crippen LogP contribution < -0.4 is 4.72 Å². The first-order chi connectivity index (χ1) is 8.96. The third kappa shape index (κ3) is 4.43. The minimum atomic E-state index is -3.43. The van der Waals surface area contributed by atoms with Gasteiger partial charge in [-0.05, 0) is 17.7 Å². The van der Waals surface area contributed by atoms with Crippen molar-refractivity contribution in [3.05, 3.63) is 50.4 Å². The molecule has 0 aliphatic heterocycles. The Labute approximate surface area is 125 Å². The number of halogens is 2. The molecule has 8 heteroatoms. The smallest absolute Gasteiger partial charge is 0.216 e. The molecule has 0 fully saturated rings. The number of aromatic nitrogens is 1. The van der Waals surface area contributed by atoms with E-state index < -0.39 is 10.0 Å². The highest BCUT2D eigenvalue weighted by atomic mass is 35.5. The summed E-state index contributed by atoms with van der Waals surface area (Å²) < 4.78 is 26.2.